The molecule has 0 fully saturated rings. The van der Waals surface area contributed by atoms with Crippen LogP contribution in [0.3, 0.4) is 0 Å². The maximum Gasteiger partial charge on any atom is 0.331 e. The van der Waals surface area contributed by atoms with E-state index < -0.39 is 5.97 Å². The fourth-order valence-corrected chi connectivity index (χ4v) is 1.39. The quantitative estimate of drug-likeness (QED) is 0.648. The van der Waals surface area contributed by atoms with Crippen LogP contribution in [0.5, 0.6) is 0 Å². The van der Waals surface area contributed by atoms with Gasteiger partial charge in [-0.2, -0.15) is 0 Å². The van der Waals surface area contributed by atoms with E-state index >= 15 is 0 Å². The molecule has 21 heavy (non-hydrogen) atoms. The van der Waals surface area contributed by atoms with E-state index in [0.29, 0.717) is 11.5 Å². The molecule has 0 aromatic heterocycles. The fourth-order valence-electron chi connectivity index (χ4n) is 1.39. The van der Waals surface area contributed by atoms with Gasteiger partial charge in [0.25, 0.3) is 5.91 Å². The van der Waals surface area contributed by atoms with Gasteiger partial charge in [-0.3, -0.25) is 4.79 Å². The van der Waals surface area contributed by atoms with Gasteiger partial charge in [-0.15, -0.1) is 0 Å². The van der Waals surface area contributed by atoms with Crippen LogP contribution in [0.25, 0.3) is 6.08 Å². The largest absolute Gasteiger partial charge is 0.452 e. The van der Waals surface area contributed by atoms with Crippen molar-refractivity contribution in [2.45, 2.75) is 26.8 Å². The lowest BCUT2D eigenvalue weighted by Crippen LogP contribution is -2.38. The lowest BCUT2D eigenvalue weighted by Gasteiger charge is -2.16. The topological polar surface area (TPSA) is 55.4 Å². The minimum atomic E-state index is -0.619. The van der Waals surface area contributed by atoms with Gasteiger partial charge in [0.15, 0.2) is 6.61 Å². The standard InChI is InChI=1S/C16H20FNO3/c1-11(2)12(3)18-15(19)10-21-16(20)9-6-13-4-7-14(17)8-5-13/h4-9,11-12H,10H2,1-3H3,(H,18,19)/b9-6+/t12-/m0/s1. The number of hydrogen-bond acceptors (Lipinski definition) is 3. The highest BCUT2D eigenvalue weighted by Gasteiger charge is 2.11. The third kappa shape index (κ3) is 6.70. The number of halogens is 1. The van der Waals surface area contributed by atoms with Crippen LogP contribution >= 0.6 is 0 Å². The van der Waals surface area contributed by atoms with E-state index in [2.05, 4.69) is 5.32 Å². The first-order chi connectivity index (χ1) is 9.88. The minimum absolute atomic E-state index is 0.0194. The van der Waals surface area contributed by atoms with E-state index in [-0.39, 0.29) is 24.4 Å². The monoisotopic (exact) mass is 293 g/mol. The first kappa shape index (κ1) is 16.9. The third-order valence-electron chi connectivity index (χ3n) is 3.02. The Morgan fingerprint density at radius 2 is 1.86 bits per heavy atom. The Morgan fingerprint density at radius 1 is 1.24 bits per heavy atom. The average molecular weight is 293 g/mol. The summed E-state index contributed by atoms with van der Waals surface area (Å²) in [4.78, 5) is 23.0. The molecule has 0 aliphatic heterocycles. The summed E-state index contributed by atoms with van der Waals surface area (Å²) in [6.07, 6.45) is 2.70. The fraction of sp³-hybridized carbons (Fsp3) is 0.375. The van der Waals surface area contributed by atoms with Crippen LogP contribution in [0.2, 0.25) is 0 Å². The number of nitrogens with one attached hydrogen (secondary N) is 1. The molecule has 1 rings (SSSR count). The molecule has 0 saturated carbocycles. The maximum absolute atomic E-state index is 12.7. The molecule has 0 radical (unpaired) electrons. The van der Waals surface area contributed by atoms with Crippen LogP contribution in [0.4, 0.5) is 4.39 Å². The lowest BCUT2D eigenvalue weighted by atomic mass is 10.1. The van der Waals surface area contributed by atoms with Gasteiger partial charge in [0, 0.05) is 12.1 Å². The summed E-state index contributed by atoms with van der Waals surface area (Å²) in [5.41, 5.74) is 0.672. The molecule has 0 bridgehead atoms. The smallest absolute Gasteiger partial charge is 0.331 e. The maximum atomic E-state index is 12.7. The molecule has 1 amide bonds. The second-order valence-electron chi connectivity index (χ2n) is 5.09. The highest BCUT2D eigenvalue weighted by Crippen LogP contribution is 2.04. The molecule has 0 spiro atoms. The number of esters is 1. The van der Waals surface area contributed by atoms with Crippen LogP contribution in [-0.4, -0.2) is 24.5 Å². The van der Waals surface area contributed by atoms with E-state index in [4.69, 9.17) is 4.74 Å². The Labute approximate surface area is 124 Å². The van der Waals surface area contributed by atoms with Crippen molar-refractivity contribution < 1.29 is 18.7 Å². The molecule has 0 unspecified atom stereocenters. The predicted octanol–water partition coefficient (Wildman–Crippen LogP) is 2.54. The summed E-state index contributed by atoms with van der Waals surface area (Å²) < 4.78 is 17.5. The van der Waals surface area contributed by atoms with Gasteiger partial charge < -0.3 is 10.1 Å². The van der Waals surface area contributed by atoms with Crippen molar-refractivity contribution in [1.29, 1.82) is 0 Å². The molecule has 0 saturated heterocycles. The Bertz CT molecular complexity index is 509. The molecule has 1 aromatic carbocycles. The molecular weight excluding hydrogens is 273 g/mol. The van der Waals surface area contributed by atoms with E-state index in [9.17, 15) is 14.0 Å². The van der Waals surface area contributed by atoms with Crippen molar-refractivity contribution >= 4 is 18.0 Å². The Balaban J connectivity index is 2.37. The lowest BCUT2D eigenvalue weighted by molar-refractivity contribution is -0.144. The number of rotatable bonds is 6. The summed E-state index contributed by atoms with van der Waals surface area (Å²) in [6, 6.07) is 5.69. The summed E-state index contributed by atoms with van der Waals surface area (Å²) in [7, 11) is 0. The number of hydrogen-bond donors (Lipinski definition) is 1. The summed E-state index contributed by atoms with van der Waals surface area (Å²) in [6.45, 7) is 5.55. The van der Waals surface area contributed by atoms with Gasteiger partial charge in [-0.05, 0) is 36.6 Å². The van der Waals surface area contributed by atoms with Crippen LogP contribution in [0.1, 0.15) is 26.3 Å². The second-order valence-corrected chi connectivity index (χ2v) is 5.09. The molecule has 0 aliphatic carbocycles. The van der Waals surface area contributed by atoms with E-state index in [1.807, 2.05) is 20.8 Å². The van der Waals surface area contributed by atoms with Gasteiger partial charge in [-0.25, -0.2) is 9.18 Å². The molecule has 0 aliphatic rings. The molecule has 1 atom stereocenters. The van der Waals surface area contributed by atoms with Crippen LogP contribution in [0, 0.1) is 11.7 Å². The van der Waals surface area contributed by atoms with Crippen molar-refractivity contribution in [3.05, 3.63) is 41.7 Å². The van der Waals surface area contributed by atoms with Crippen molar-refractivity contribution in [3.8, 4) is 0 Å². The Morgan fingerprint density at radius 3 is 2.43 bits per heavy atom. The third-order valence-corrected chi connectivity index (χ3v) is 3.02. The molecule has 114 valence electrons. The summed E-state index contributed by atoms with van der Waals surface area (Å²) >= 11 is 0. The molecule has 1 aromatic rings. The van der Waals surface area contributed by atoms with E-state index in [0.717, 1.165) is 0 Å². The van der Waals surface area contributed by atoms with Crippen LogP contribution < -0.4 is 5.32 Å². The molecule has 4 nitrogen and oxygen atoms in total. The van der Waals surface area contributed by atoms with Gasteiger partial charge >= 0.3 is 5.97 Å². The number of ether oxygens (including phenoxy) is 1. The van der Waals surface area contributed by atoms with Crippen molar-refractivity contribution in [1.82, 2.24) is 5.32 Å². The molecular formula is C16H20FNO3. The van der Waals surface area contributed by atoms with Crippen LogP contribution in [-0.2, 0) is 14.3 Å². The highest BCUT2D eigenvalue weighted by atomic mass is 19.1. The average Bonchev–Trinajstić information content (AvgIpc) is 2.44. The Kier molecular flexibility index (Phi) is 6.59. The zero-order valence-corrected chi connectivity index (χ0v) is 12.4. The van der Waals surface area contributed by atoms with Gasteiger partial charge in [0.2, 0.25) is 0 Å². The van der Waals surface area contributed by atoms with E-state index in [1.165, 1.54) is 36.4 Å². The van der Waals surface area contributed by atoms with Gasteiger partial charge in [-0.1, -0.05) is 26.0 Å². The van der Waals surface area contributed by atoms with Crippen LogP contribution in [0.15, 0.2) is 30.3 Å². The molecule has 1 N–H and O–H groups in total. The summed E-state index contributed by atoms with van der Waals surface area (Å²) in [5, 5.41) is 2.73. The molecule has 5 heteroatoms. The SMILES string of the molecule is CC(C)[C@H](C)NC(=O)COC(=O)/C=C/c1ccc(F)cc1. The van der Waals surface area contributed by atoms with Crippen molar-refractivity contribution in [2.24, 2.45) is 5.92 Å². The molecule has 0 heterocycles. The van der Waals surface area contributed by atoms with Crippen molar-refractivity contribution in [3.63, 3.8) is 0 Å². The zero-order chi connectivity index (χ0) is 15.8. The number of carbonyl (C=O) groups is 2. The first-order valence-electron chi connectivity index (χ1n) is 6.78. The zero-order valence-electron chi connectivity index (χ0n) is 12.4. The van der Waals surface area contributed by atoms with Gasteiger partial charge in [0.1, 0.15) is 5.82 Å². The minimum Gasteiger partial charge on any atom is -0.452 e. The first-order valence-corrected chi connectivity index (χ1v) is 6.78. The van der Waals surface area contributed by atoms with Gasteiger partial charge in [0.05, 0.1) is 0 Å². The normalized spacial score (nSPS) is 12.4. The highest BCUT2D eigenvalue weighted by molar-refractivity contribution is 5.89. The number of benzene rings is 1. The number of amides is 1. The Hall–Kier alpha value is -2.17. The number of carbonyl (C=O) groups excluding carboxylic acids is 2. The summed E-state index contributed by atoms with van der Waals surface area (Å²) in [5.74, 6) is -0.986. The van der Waals surface area contributed by atoms with E-state index in [1.54, 1.807) is 0 Å². The van der Waals surface area contributed by atoms with Crippen molar-refractivity contribution in [2.75, 3.05) is 6.61 Å². The predicted molar refractivity (Wildman–Crippen MR) is 78.8 cm³/mol. The second kappa shape index (κ2) is 8.19.